The highest BCUT2D eigenvalue weighted by atomic mass is 35.5. The molecule has 21 heavy (non-hydrogen) atoms. The van der Waals surface area contributed by atoms with E-state index >= 15 is 0 Å². The van der Waals surface area contributed by atoms with Crippen molar-refractivity contribution in [3.05, 3.63) is 46.1 Å². The molecular formula is C12H11ClF2N2O2S2. The first-order valence-corrected chi connectivity index (χ1v) is 8.41. The predicted octanol–water partition coefficient (Wildman–Crippen LogP) is 3.46. The zero-order chi connectivity index (χ0) is 15.8. The van der Waals surface area contributed by atoms with Crippen LogP contribution in [-0.4, -0.2) is 24.8 Å². The Bertz CT molecular complexity index is 764. The normalized spacial score (nSPS) is 13.6. The number of hydrogen-bond donors (Lipinski definition) is 0. The molecule has 0 aliphatic carbocycles. The molecule has 0 radical (unpaired) electrons. The number of thiazole rings is 1. The van der Waals surface area contributed by atoms with Crippen LogP contribution in [0.4, 0.5) is 8.78 Å². The molecule has 114 valence electrons. The van der Waals surface area contributed by atoms with Crippen molar-refractivity contribution in [1.29, 1.82) is 0 Å². The summed E-state index contributed by atoms with van der Waals surface area (Å²) in [7, 11) is -2.44. The van der Waals surface area contributed by atoms with Gasteiger partial charge in [-0.1, -0.05) is 29.0 Å². The summed E-state index contributed by atoms with van der Waals surface area (Å²) in [6, 6.07) is 2.61. The van der Waals surface area contributed by atoms with E-state index in [0.29, 0.717) is 5.56 Å². The van der Waals surface area contributed by atoms with Gasteiger partial charge in [0.05, 0.1) is 6.20 Å². The lowest BCUT2D eigenvalue weighted by molar-refractivity contribution is 0.396. The molecule has 9 heteroatoms. The molecule has 0 saturated carbocycles. The van der Waals surface area contributed by atoms with Gasteiger partial charge in [-0.2, -0.15) is 4.31 Å². The summed E-state index contributed by atoms with van der Waals surface area (Å²) in [5.74, 6) is -2.00. The number of benzene rings is 1. The van der Waals surface area contributed by atoms with Crippen LogP contribution < -0.4 is 0 Å². The molecule has 2 rings (SSSR count). The second-order valence-electron chi connectivity index (χ2n) is 4.30. The second kappa shape index (κ2) is 5.96. The maximum absolute atomic E-state index is 13.3. The van der Waals surface area contributed by atoms with Gasteiger partial charge in [0.25, 0.3) is 10.0 Å². The molecule has 1 unspecified atom stereocenters. The Morgan fingerprint density at radius 1 is 1.33 bits per heavy atom. The van der Waals surface area contributed by atoms with Gasteiger partial charge in [0, 0.05) is 13.1 Å². The minimum atomic E-state index is -3.80. The van der Waals surface area contributed by atoms with Crippen LogP contribution in [0, 0.1) is 11.6 Å². The van der Waals surface area contributed by atoms with Crippen molar-refractivity contribution in [3.8, 4) is 0 Å². The van der Waals surface area contributed by atoms with Crippen LogP contribution in [0.3, 0.4) is 0 Å². The van der Waals surface area contributed by atoms with Gasteiger partial charge in [-0.3, -0.25) is 0 Å². The Morgan fingerprint density at radius 3 is 2.52 bits per heavy atom. The highest BCUT2D eigenvalue weighted by Gasteiger charge is 2.28. The van der Waals surface area contributed by atoms with E-state index in [1.54, 1.807) is 6.92 Å². The summed E-state index contributed by atoms with van der Waals surface area (Å²) in [5.41, 5.74) is 0.343. The van der Waals surface area contributed by atoms with Gasteiger partial charge in [0.1, 0.15) is 0 Å². The first-order valence-electron chi connectivity index (χ1n) is 5.78. The van der Waals surface area contributed by atoms with Gasteiger partial charge in [-0.15, -0.1) is 0 Å². The summed E-state index contributed by atoms with van der Waals surface area (Å²) < 4.78 is 52.1. The highest BCUT2D eigenvalue weighted by Crippen LogP contribution is 2.30. The fraction of sp³-hybridized carbons (Fsp3) is 0.250. The lowest BCUT2D eigenvalue weighted by Gasteiger charge is -2.23. The van der Waals surface area contributed by atoms with E-state index in [-0.39, 0.29) is 8.68 Å². The zero-order valence-corrected chi connectivity index (χ0v) is 13.4. The van der Waals surface area contributed by atoms with Crippen molar-refractivity contribution in [2.75, 3.05) is 7.05 Å². The second-order valence-corrected chi connectivity index (χ2v) is 8.14. The first kappa shape index (κ1) is 16.3. The Hall–Kier alpha value is -1.09. The van der Waals surface area contributed by atoms with Crippen LogP contribution in [0.15, 0.2) is 28.6 Å². The first-order chi connectivity index (χ1) is 9.73. The minimum Gasteiger partial charge on any atom is -0.232 e. The molecule has 0 aliphatic rings. The molecule has 4 nitrogen and oxygen atoms in total. The van der Waals surface area contributed by atoms with Crippen molar-refractivity contribution in [1.82, 2.24) is 9.29 Å². The smallest absolute Gasteiger partial charge is 0.232 e. The SMILES string of the molecule is CC(c1ccc(F)c(F)c1)N(C)S(=O)(=O)c1cnc(Cl)s1. The largest absolute Gasteiger partial charge is 0.254 e. The van der Waals surface area contributed by atoms with Crippen LogP contribution in [-0.2, 0) is 10.0 Å². The van der Waals surface area contributed by atoms with E-state index in [1.807, 2.05) is 0 Å². The van der Waals surface area contributed by atoms with Crippen LogP contribution in [0.25, 0.3) is 0 Å². The number of aromatic nitrogens is 1. The molecule has 1 aromatic heterocycles. The predicted molar refractivity (Wildman–Crippen MR) is 76.8 cm³/mol. The number of hydrogen-bond acceptors (Lipinski definition) is 4. The standard InChI is InChI=1S/C12H11ClF2N2O2S2/c1-7(8-3-4-9(14)10(15)5-8)17(2)21(18,19)11-6-16-12(13)20-11/h3-7H,1-2H3. The average molecular weight is 353 g/mol. The lowest BCUT2D eigenvalue weighted by Crippen LogP contribution is -2.29. The fourth-order valence-corrected chi connectivity index (χ4v) is 4.52. The summed E-state index contributed by atoms with van der Waals surface area (Å²) in [6.07, 6.45) is 1.16. The topological polar surface area (TPSA) is 50.3 Å². The highest BCUT2D eigenvalue weighted by molar-refractivity contribution is 7.91. The van der Waals surface area contributed by atoms with Crippen LogP contribution >= 0.6 is 22.9 Å². The fourth-order valence-electron chi connectivity index (χ4n) is 1.69. The quantitative estimate of drug-likeness (QED) is 0.846. The monoisotopic (exact) mass is 352 g/mol. The zero-order valence-electron chi connectivity index (χ0n) is 11.0. The molecule has 0 bridgehead atoms. The average Bonchev–Trinajstić information content (AvgIpc) is 2.87. The Labute approximate surface area is 130 Å². The van der Waals surface area contributed by atoms with E-state index in [1.165, 1.54) is 13.1 Å². The van der Waals surface area contributed by atoms with Gasteiger partial charge in [-0.05, 0) is 24.6 Å². The molecule has 1 atom stereocenters. The van der Waals surface area contributed by atoms with Crippen molar-refractivity contribution >= 4 is 33.0 Å². The van der Waals surface area contributed by atoms with Crippen molar-refractivity contribution in [2.45, 2.75) is 17.2 Å². The van der Waals surface area contributed by atoms with Crippen LogP contribution in [0.2, 0.25) is 4.47 Å². The third-order valence-corrected chi connectivity index (χ3v) is 6.54. The van der Waals surface area contributed by atoms with Crippen molar-refractivity contribution < 1.29 is 17.2 Å². The maximum atomic E-state index is 13.3. The minimum absolute atomic E-state index is 0.00978. The third kappa shape index (κ3) is 3.23. The molecule has 0 N–H and O–H groups in total. The Morgan fingerprint density at radius 2 is 2.00 bits per heavy atom. The molecule has 0 spiro atoms. The van der Waals surface area contributed by atoms with Gasteiger partial charge < -0.3 is 0 Å². The number of nitrogens with zero attached hydrogens (tertiary/aromatic N) is 2. The number of rotatable bonds is 4. The van der Waals surface area contributed by atoms with E-state index in [2.05, 4.69) is 4.98 Å². The molecule has 1 heterocycles. The van der Waals surface area contributed by atoms with Crippen LogP contribution in [0.5, 0.6) is 0 Å². The van der Waals surface area contributed by atoms with Crippen molar-refractivity contribution in [2.24, 2.45) is 0 Å². The Kier molecular flexibility index (Phi) is 4.62. The molecular weight excluding hydrogens is 342 g/mol. The number of halogens is 3. The van der Waals surface area contributed by atoms with Crippen LogP contribution in [0.1, 0.15) is 18.5 Å². The maximum Gasteiger partial charge on any atom is 0.254 e. The van der Waals surface area contributed by atoms with Gasteiger partial charge >= 0.3 is 0 Å². The van der Waals surface area contributed by atoms with Gasteiger partial charge in [-0.25, -0.2) is 22.2 Å². The van der Waals surface area contributed by atoms with Crippen molar-refractivity contribution in [3.63, 3.8) is 0 Å². The summed E-state index contributed by atoms with van der Waals surface area (Å²) in [5, 5.41) is 0. The van der Waals surface area contributed by atoms with E-state index < -0.39 is 27.7 Å². The van der Waals surface area contributed by atoms with E-state index in [4.69, 9.17) is 11.6 Å². The van der Waals surface area contributed by atoms with E-state index in [9.17, 15) is 17.2 Å². The third-order valence-electron chi connectivity index (χ3n) is 3.06. The molecule has 0 amide bonds. The molecule has 2 aromatic rings. The molecule has 1 aromatic carbocycles. The number of sulfonamides is 1. The molecule has 0 saturated heterocycles. The summed E-state index contributed by atoms with van der Waals surface area (Å²) in [6.45, 7) is 1.58. The van der Waals surface area contributed by atoms with Gasteiger partial charge in [0.15, 0.2) is 20.3 Å². The molecule has 0 fully saturated rings. The molecule has 0 aliphatic heterocycles. The Balaban J connectivity index is 2.34. The summed E-state index contributed by atoms with van der Waals surface area (Å²) in [4.78, 5) is 3.69. The van der Waals surface area contributed by atoms with E-state index in [0.717, 1.165) is 34.0 Å². The lowest BCUT2D eigenvalue weighted by atomic mass is 10.1. The van der Waals surface area contributed by atoms with Gasteiger partial charge in [0.2, 0.25) is 0 Å². The summed E-state index contributed by atoms with van der Waals surface area (Å²) >= 11 is 6.47.